The van der Waals surface area contributed by atoms with Gasteiger partial charge in [0.25, 0.3) is 0 Å². The van der Waals surface area contributed by atoms with Crippen LogP contribution < -0.4 is 0 Å². The molecule has 0 aromatic carbocycles. The van der Waals surface area contributed by atoms with Gasteiger partial charge in [-0.15, -0.1) is 0 Å². The van der Waals surface area contributed by atoms with Gasteiger partial charge in [-0.2, -0.15) is 0 Å². The Balaban J connectivity index is 1.39. The van der Waals surface area contributed by atoms with E-state index in [4.69, 9.17) is 11.6 Å². The molecule has 0 aliphatic carbocycles. The van der Waals surface area contributed by atoms with Crippen molar-refractivity contribution in [3.8, 4) is 0 Å². The number of pyridine rings is 1. The van der Waals surface area contributed by atoms with Crippen LogP contribution in [0.3, 0.4) is 0 Å². The lowest BCUT2D eigenvalue weighted by molar-refractivity contribution is -0.133. The Morgan fingerprint density at radius 1 is 1.20 bits per heavy atom. The van der Waals surface area contributed by atoms with E-state index in [9.17, 15) is 4.79 Å². The van der Waals surface area contributed by atoms with E-state index in [0.717, 1.165) is 39.1 Å². The summed E-state index contributed by atoms with van der Waals surface area (Å²) in [5.74, 6) is 0.326. The molecule has 2 aliphatic heterocycles. The monoisotopic (exact) mass is 364 g/mol. The van der Waals surface area contributed by atoms with Crippen LogP contribution in [0.5, 0.6) is 0 Å². The maximum atomic E-state index is 12.5. The molecule has 0 bridgehead atoms. The predicted molar refractivity (Wildman–Crippen MR) is 101 cm³/mol. The van der Waals surface area contributed by atoms with E-state index < -0.39 is 0 Å². The predicted octanol–water partition coefficient (Wildman–Crippen LogP) is 2.64. The Morgan fingerprint density at radius 2 is 2.00 bits per heavy atom. The van der Waals surface area contributed by atoms with Gasteiger partial charge in [-0.25, -0.2) is 4.98 Å². The quantitative estimate of drug-likeness (QED) is 0.753. The number of carbonyl (C=O) groups excluding carboxylic acids is 1. The molecule has 0 radical (unpaired) electrons. The van der Waals surface area contributed by atoms with Gasteiger partial charge in [0.05, 0.1) is 0 Å². The topological polar surface area (TPSA) is 39.7 Å². The third-order valence-corrected chi connectivity index (χ3v) is 5.76. The number of likely N-dealkylation sites (tertiary alicyclic amines) is 1. The fraction of sp³-hybridized carbons (Fsp3) is 0.684. The van der Waals surface area contributed by atoms with Crippen LogP contribution in [0.1, 0.15) is 37.7 Å². The van der Waals surface area contributed by atoms with Crippen LogP contribution in [0.25, 0.3) is 0 Å². The van der Waals surface area contributed by atoms with Crippen LogP contribution in [-0.4, -0.2) is 71.4 Å². The minimum Gasteiger partial charge on any atom is -0.340 e. The van der Waals surface area contributed by atoms with Crippen molar-refractivity contribution in [2.75, 3.05) is 39.8 Å². The maximum Gasteiger partial charge on any atom is 0.222 e. The minimum absolute atomic E-state index is 0.326. The van der Waals surface area contributed by atoms with Crippen molar-refractivity contribution in [1.82, 2.24) is 19.7 Å². The molecule has 3 rings (SSSR count). The van der Waals surface area contributed by atoms with Crippen LogP contribution >= 0.6 is 11.6 Å². The van der Waals surface area contributed by atoms with E-state index in [1.165, 1.54) is 31.4 Å². The maximum absolute atomic E-state index is 12.5. The molecule has 6 heteroatoms. The summed E-state index contributed by atoms with van der Waals surface area (Å²) in [4.78, 5) is 23.5. The van der Waals surface area contributed by atoms with E-state index in [-0.39, 0.29) is 0 Å². The van der Waals surface area contributed by atoms with Crippen LogP contribution in [0, 0.1) is 0 Å². The van der Waals surface area contributed by atoms with Crippen LogP contribution in [0.15, 0.2) is 18.3 Å². The first-order chi connectivity index (χ1) is 12.1. The Morgan fingerprint density at radius 3 is 2.68 bits per heavy atom. The highest BCUT2D eigenvalue weighted by Crippen LogP contribution is 2.20. The summed E-state index contributed by atoms with van der Waals surface area (Å²) in [6, 6.07) is 4.45. The molecule has 1 aromatic heterocycles. The molecule has 1 aromatic rings. The summed E-state index contributed by atoms with van der Waals surface area (Å²) in [5, 5.41) is 0.530. The van der Waals surface area contributed by atoms with Gasteiger partial charge in [-0.05, 0) is 44.5 Å². The van der Waals surface area contributed by atoms with Crippen molar-refractivity contribution in [3.63, 3.8) is 0 Å². The zero-order chi connectivity index (χ0) is 17.6. The standard InChI is InChI=1S/C19H29ClN4O/c1-22-9-3-2-4-17(22)6-8-19(25)24-12-10-23(11-13-24)15-16-5-7-18(20)21-14-16/h5,7,14,17H,2-4,6,8-13,15H2,1H3/t17-/m1/s1. The summed E-state index contributed by atoms with van der Waals surface area (Å²) in [6.07, 6.45) is 7.38. The summed E-state index contributed by atoms with van der Waals surface area (Å²) in [6.45, 7) is 5.58. The Bertz CT molecular complexity index is 557. The Labute approximate surface area is 155 Å². The van der Waals surface area contributed by atoms with Gasteiger partial charge in [-0.3, -0.25) is 9.69 Å². The second kappa shape index (κ2) is 8.97. The SMILES string of the molecule is CN1CCCC[C@@H]1CCC(=O)N1CCN(Cc2ccc(Cl)nc2)CC1. The fourth-order valence-electron chi connectivity index (χ4n) is 3.87. The molecule has 0 N–H and O–H groups in total. The van der Waals surface area contributed by atoms with Gasteiger partial charge in [0.15, 0.2) is 0 Å². The highest BCUT2D eigenvalue weighted by molar-refractivity contribution is 6.29. The van der Waals surface area contributed by atoms with Gasteiger partial charge in [0.2, 0.25) is 5.91 Å². The van der Waals surface area contributed by atoms with E-state index in [2.05, 4.69) is 21.8 Å². The summed E-state index contributed by atoms with van der Waals surface area (Å²) >= 11 is 5.83. The van der Waals surface area contributed by atoms with Crippen molar-refractivity contribution in [3.05, 3.63) is 29.0 Å². The third-order valence-electron chi connectivity index (χ3n) is 5.53. The summed E-state index contributed by atoms with van der Waals surface area (Å²) in [7, 11) is 2.19. The van der Waals surface area contributed by atoms with Crippen molar-refractivity contribution in [1.29, 1.82) is 0 Å². The van der Waals surface area contributed by atoms with Gasteiger partial charge in [0.1, 0.15) is 5.15 Å². The zero-order valence-corrected chi connectivity index (χ0v) is 15.9. The highest BCUT2D eigenvalue weighted by Gasteiger charge is 2.24. The van der Waals surface area contributed by atoms with Crippen molar-refractivity contribution in [2.45, 2.75) is 44.7 Å². The second-order valence-electron chi connectivity index (χ2n) is 7.31. The molecule has 1 amide bonds. The number of hydrogen-bond donors (Lipinski definition) is 0. The lowest BCUT2D eigenvalue weighted by Crippen LogP contribution is -2.48. The average Bonchev–Trinajstić information content (AvgIpc) is 2.63. The van der Waals surface area contributed by atoms with E-state index in [1.54, 1.807) is 0 Å². The Kier molecular flexibility index (Phi) is 6.68. The summed E-state index contributed by atoms with van der Waals surface area (Å²) in [5.41, 5.74) is 1.17. The number of aromatic nitrogens is 1. The van der Waals surface area contributed by atoms with Crippen LogP contribution in [0.2, 0.25) is 5.15 Å². The molecule has 2 aliphatic rings. The zero-order valence-electron chi connectivity index (χ0n) is 15.2. The molecule has 138 valence electrons. The lowest BCUT2D eigenvalue weighted by atomic mass is 9.98. The van der Waals surface area contributed by atoms with Crippen molar-refractivity contribution in [2.24, 2.45) is 0 Å². The first kappa shape index (κ1) is 18.6. The largest absolute Gasteiger partial charge is 0.340 e. The summed E-state index contributed by atoms with van der Waals surface area (Å²) < 4.78 is 0. The van der Waals surface area contributed by atoms with Crippen LogP contribution in [-0.2, 0) is 11.3 Å². The van der Waals surface area contributed by atoms with E-state index in [0.29, 0.717) is 23.5 Å². The molecule has 2 saturated heterocycles. The van der Waals surface area contributed by atoms with Crippen LogP contribution in [0.4, 0.5) is 0 Å². The molecule has 3 heterocycles. The highest BCUT2D eigenvalue weighted by atomic mass is 35.5. The smallest absolute Gasteiger partial charge is 0.222 e. The number of carbonyl (C=O) groups is 1. The molecular formula is C19H29ClN4O. The molecule has 25 heavy (non-hydrogen) atoms. The molecule has 2 fully saturated rings. The normalized spacial score (nSPS) is 23.0. The number of halogens is 1. The van der Waals surface area contributed by atoms with E-state index >= 15 is 0 Å². The second-order valence-corrected chi connectivity index (χ2v) is 7.70. The van der Waals surface area contributed by atoms with E-state index in [1.807, 2.05) is 23.2 Å². The number of piperidine rings is 1. The molecule has 0 unspecified atom stereocenters. The first-order valence-electron chi connectivity index (χ1n) is 9.42. The molecule has 0 spiro atoms. The first-order valence-corrected chi connectivity index (χ1v) is 9.80. The molecule has 0 saturated carbocycles. The Hall–Kier alpha value is -1.17. The van der Waals surface area contributed by atoms with Gasteiger partial charge >= 0.3 is 0 Å². The van der Waals surface area contributed by atoms with Crippen molar-refractivity contribution < 1.29 is 4.79 Å². The average molecular weight is 365 g/mol. The molecule has 1 atom stereocenters. The molecular weight excluding hydrogens is 336 g/mol. The number of piperazine rings is 1. The van der Waals surface area contributed by atoms with Crippen molar-refractivity contribution >= 4 is 17.5 Å². The number of amides is 1. The lowest BCUT2D eigenvalue weighted by Gasteiger charge is -2.36. The number of hydrogen-bond acceptors (Lipinski definition) is 4. The van der Waals surface area contributed by atoms with Gasteiger partial charge in [0, 0.05) is 51.4 Å². The van der Waals surface area contributed by atoms with Gasteiger partial charge < -0.3 is 9.80 Å². The number of nitrogens with zero attached hydrogens (tertiary/aromatic N) is 4. The number of rotatable bonds is 5. The molecule has 5 nitrogen and oxygen atoms in total. The van der Waals surface area contributed by atoms with Gasteiger partial charge in [-0.1, -0.05) is 24.1 Å². The third kappa shape index (κ3) is 5.40. The minimum atomic E-state index is 0.326. The fourth-order valence-corrected chi connectivity index (χ4v) is 3.98.